The van der Waals surface area contributed by atoms with Crippen molar-refractivity contribution in [3.8, 4) is 0 Å². The zero-order valence-corrected chi connectivity index (χ0v) is 13.4. The minimum atomic E-state index is -0.350. The van der Waals surface area contributed by atoms with Crippen LogP contribution in [0.25, 0.3) is 0 Å². The molecule has 0 radical (unpaired) electrons. The van der Waals surface area contributed by atoms with E-state index < -0.39 is 0 Å². The second-order valence-electron chi connectivity index (χ2n) is 7.62. The fourth-order valence-corrected chi connectivity index (χ4v) is 5.46. The molecule has 1 spiro atoms. The van der Waals surface area contributed by atoms with Crippen LogP contribution in [0.2, 0.25) is 0 Å². The Kier molecular flexibility index (Phi) is 3.67. The van der Waals surface area contributed by atoms with Gasteiger partial charge < -0.3 is 14.6 Å². The lowest BCUT2D eigenvalue weighted by molar-refractivity contribution is -0.227. The van der Waals surface area contributed by atoms with Gasteiger partial charge in [0.2, 0.25) is 0 Å². The molecule has 1 saturated heterocycles. The highest BCUT2D eigenvalue weighted by Crippen LogP contribution is 2.65. The summed E-state index contributed by atoms with van der Waals surface area (Å²) in [6, 6.07) is 0. The van der Waals surface area contributed by atoms with Crippen molar-refractivity contribution in [2.75, 3.05) is 13.2 Å². The van der Waals surface area contributed by atoms with Crippen LogP contribution in [0.1, 0.15) is 53.4 Å². The van der Waals surface area contributed by atoms with E-state index in [4.69, 9.17) is 9.47 Å². The molecule has 2 aliphatic carbocycles. The second kappa shape index (κ2) is 4.96. The van der Waals surface area contributed by atoms with Crippen LogP contribution in [-0.4, -0.2) is 30.2 Å². The van der Waals surface area contributed by atoms with Crippen LogP contribution in [0.4, 0.5) is 0 Å². The molecule has 3 heteroatoms. The van der Waals surface area contributed by atoms with E-state index in [2.05, 4.69) is 20.8 Å². The van der Waals surface area contributed by atoms with Crippen LogP contribution < -0.4 is 0 Å². The molecule has 0 aromatic rings. The number of aliphatic hydroxyl groups is 1. The molecule has 1 N–H and O–H groups in total. The molecule has 0 bridgehead atoms. The minimum absolute atomic E-state index is 0.199. The molecule has 1 heterocycles. The predicted octanol–water partition coefficient (Wildman–Crippen LogP) is 3.21. The lowest BCUT2D eigenvalue weighted by Crippen LogP contribution is -2.53. The van der Waals surface area contributed by atoms with Gasteiger partial charge in [-0.25, -0.2) is 0 Å². The van der Waals surface area contributed by atoms with Crippen LogP contribution in [0.3, 0.4) is 0 Å². The predicted molar refractivity (Wildman–Crippen MR) is 78.2 cm³/mol. The third kappa shape index (κ3) is 1.89. The van der Waals surface area contributed by atoms with Gasteiger partial charge in [-0.2, -0.15) is 0 Å². The highest BCUT2D eigenvalue weighted by atomic mass is 16.7. The smallest absolute Gasteiger partial charge is 0.172 e. The summed E-state index contributed by atoms with van der Waals surface area (Å²) in [4.78, 5) is 0. The van der Waals surface area contributed by atoms with E-state index in [1.54, 1.807) is 0 Å². The third-order valence-electron chi connectivity index (χ3n) is 6.93. The maximum Gasteiger partial charge on any atom is 0.172 e. The summed E-state index contributed by atoms with van der Waals surface area (Å²) in [5.41, 5.74) is 0.199. The zero-order valence-electron chi connectivity index (χ0n) is 13.4. The Morgan fingerprint density at radius 2 is 1.70 bits per heavy atom. The highest BCUT2D eigenvalue weighted by Gasteiger charge is 2.65. The Labute approximate surface area is 123 Å². The fraction of sp³-hybridized carbons (Fsp3) is 1.00. The van der Waals surface area contributed by atoms with E-state index in [-0.39, 0.29) is 17.3 Å². The average Bonchev–Trinajstić information content (AvgIpc) is 3.01. The summed E-state index contributed by atoms with van der Waals surface area (Å²) in [5.74, 6) is 1.72. The number of ether oxygens (including phenoxy) is 2. The van der Waals surface area contributed by atoms with Gasteiger partial charge in [0.25, 0.3) is 0 Å². The lowest BCUT2D eigenvalue weighted by atomic mass is 9.54. The first-order valence-electron chi connectivity index (χ1n) is 8.39. The van der Waals surface area contributed by atoms with Crippen molar-refractivity contribution in [2.24, 2.45) is 29.1 Å². The fourth-order valence-electron chi connectivity index (χ4n) is 5.46. The van der Waals surface area contributed by atoms with Crippen LogP contribution in [0, 0.1) is 29.1 Å². The van der Waals surface area contributed by atoms with Crippen molar-refractivity contribution in [1.82, 2.24) is 0 Å². The van der Waals surface area contributed by atoms with Crippen LogP contribution in [-0.2, 0) is 9.47 Å². The van der Waals surface area contributed by atoms with Gasteiger partial charge in [-0.15, -0.1) is 0 Å². The molecular weight excluding hydrogens is 252 g/mol. The van der Waals surface area contributed by atoms with Crippen LogP contribution in [0.15, 0.2) is 0 Å². The Balaban J connectivity index is 1.99. The van der Waals surface area contributed by atoms with Gasteiger partial charge in [-0.05, 0) is 49.4 Å². The summed E-state index contributed by atoms with van der Waals surface area (Å²) in [5, 5.41) is 10.2. The van der Waals surface area contributed by atoms with Crippen molar-refractivity contribution in [3.05, 3.63) is 0 Å². The molecule has 116 valence electrons. The molecular formula is C17H30O3. The quantitative estimate of drug-likeness (QED) is 0.845. The number of fused-ring (bicyclic) bond motifs is 2. The van der Waals surface area contributed by atoms with Gasteiger partial charge in [0.05, 0.1) is 19.3 Å². The number of aliphatic hydroxyl groups excluding tert-OH is 1. The SMILES string of the molecule is CC([C@H](C)O)C12CC[C@@H](C)[C@H](C)C1C1(CC2)OCCO1. The van der Waals surface area contributed by atoms with Gasteiger partial charge in [-0.1, -0.05) is 20.8 Å². The summed E-state index contributed by atoms with van der Waals surface area (Å²) in [6.07, 6.45) is 4.37. The minimum Gasteiger partial charge on any atom is -0.393 e. The first-order chi connectivity index (χ1) is 9.43. The highest BCUT2D eigenvalue weighted by molar-refractivity contribution is 5.10. The average molecular weight is 282 g/mol. The molecule has 3 unspecified atom stereocenters. The first-order valence-corrected chi connectivity index (χ1v) is 8.39. The summed E-state index contributed by atoms with van der Waals surface area (Å²) < 4.78 is 12.3. The molecule has 3 fully saturated rings. The van der Waals surface area contributed by atoms with Crippen LogP contribution in [0.5, 0.6) is 0 Å². The maximum absolute atomic E-state index is 10.2. The van der Waals surface area contributed by atoms with E-state index in [1.165, 1.54) is 12.8 Å². The molecule has 0 amide bonds. The first kappa shape index (κ1) is 14.8. The largest absolute Gasteiger partial charge is 0.393 e. The molecule has 0 aromatic carbocycles. The van der Waals surface area contributed by atoms with Gasteiger partial charge in [-0.3, -0.25) is 0 Å². The van der Waals surface area contributed by atoms with E-state index in [0.717, 1.165) is 32.0 Å². The number of hydrogen-bond donors (Lipinski definition) is 1. The molecule has 2 saturated carbocycles. The van der Waals surface area contributed by atoms with Crippen LogP contribution >= 0.6 is 0 Å². The normalized spacial score (nSPS) is 46.4. The standard InChI is InChI=1S/C17H30O3/c1-11-5-6-16(13(3)14(4)18)7-8-17(15(16)12(11)2)19-9-10-20-17/h11-15,18H,5-10H2,1-4H3/t11-,12+,13?,14+,15?,16?/m1/s1. The monoisotopic (exact) mass is 282 g/mol. The molecule has 3 aliphatic rings. The van der Waals surface area contributed by atoms with E-state index in [1.807, 2.05) is 6.92 Å². The topological polar surface area (TPSA) is 38.7 Å². The summed E-state index contributed by atoms with van der Waals surface area (Å²) in [6.45, 7) is 10.4. The number of rotatable bonds is 2. The molecule has 6 atom stereocenters. The molecule has 0 aromatic heterocycles. The zero-order chi connectivity index (χ0) is 14.5. The van der Waals surface area contributed by atoms with Gasteiger partial charge in [0.1, 0.15) is 0 Å². The van der Waals surface area contributed by atoms with Gasteiger partial charge in [0, 0.05) is 12.3 Å². The summed E-state index contributed by atoms with van der Waals surface area (Å²) in [7, 11) is 0. The number of hydrogen-bond acceptors (Lipinski definition) is 3. The van der Waals surface area contributed by atoms with Crippen molar-refractivity contribution in [2.45, 2.75) is 65.3 Å². The molecule has 3 nitrogen and oxygen atoms in total. The van der Waals surface area contributed by atoms with Crippen molar-refractivity contribution in [1.29, 1.82) is 0 Å². The Morgan fingerprint density at radius 1 is 1.05 bits per heavy atom. The van der Waals surface area contributed by atoms with Crippen molar-refractivity contribution in [3.63, 3.8) is 0 Å². The third-order valence-corrected chi connectivity index (χ3v) is 6.93. The second-order valence-corrected chi connectivity index (χ2v) is 7.62. The van der Waals surface area contributed by atoms with Gasteiger partial charge in [0.15, 0.2) is 5.79 Å². The molecule has 1 aliphatic heterocycles. The van der Waals surface area contributed by atoms with E-state index >= 15 is 0 Å². The lowest BCUT2D eigenvalue weighted by Gasteiger charge is -2.53. The molecule has 3 rings (SSSR count). The maximum atomic E-state index is 10.2. The Bertz CT molecular complexity index is 361. The van der Waals surface area contributed by atoms with E-state index in [9.17, 15) is 5.11 Å². The van der Waals surface area contributed by atoms with Crippen molar-refractivity contribution >= 4 is 0 Å². The van der Waals surface area contributed by atoms with Gasteiger partial charge >= 0.3 is 0 Å². The van der Waals surface area contributed by atoms with Crippen molar-refractivity contribution < 1.29 is 14.6 Å². The van der Waals surface area contributed by atoms with E-state index in [0.29, 0.717) is 17.8 Å². The summed E-state index contributed by atoms with van der Waals surface area (Å²) >= 11 is 0. The Hall–Kier alpha value is -0.120. The molecule has 20 heavy (non-hydrogen) atoms. The Morgan fingerprint density at radius 3 is 2.30 bits per heavy atom.